The highest BCUT2D eigenvalue weighted by Gasteiger charge is 2.28. The second-order valence-corrected chi connectivity index (χ2v) is 11.3. The maximum absolute atomic E-state index is 13.9. The summed E-state index contributed by atoms with van der Waals surface area (Å²) in [7, 11) is -1.31. The molecule has 0 heterocycles. The summed E-state index contributed by atoms with van der Waals surface area (Å²) in [4.78, 5) is 13.0. The average molecular weight is 588 g/mol. The molecule has 218 valence electrons. The summed E-state index contributed by atoms with van der Waals surface area (Å²) >= 11 is 0. The molecule has 4 rings (SSSR count). The Morgan fingerprint density at radius 2 is 1.50 bits per heavy atom. The smallest absolute Gasteiger partial charge is 0.264 e. The fraction of sp³-hybridized carbons (Fsp3) is 0.188. The van der Waals surface area contributed by atoms with Crippen LogP contribution in [0.2, 0.25) is 0 Å². The first-order chi connectivity index (χ1) is 20.2. The van der Waals surface area contributed by atoms with E-state index in [1.54, 1.807) is 18.2 Å². The highest BCUT2D eigenvalue weighted by Crippen LogP contribution is 2.32. The van der Waals surface area contributed by atoms with Crippen LogP contribution in [0.1, 0.15) is 22.3 Å². The predicted molar refractivity (Wildman–Crippen MR) is 163 cm³/mol. The molecule has 10 heteroatoms. The molecule has 0 aliphatic heterocycles. The number of rotatable bonds is 12. The van der Waals surface area contributed by atoms with Gasteiger partial charge < -0.3 is 14.2 Å². The Morgan fingerprint density at radius 1 is 0.833 bits per heavy atom. The van der Waals surface area contributed by atoms with Crippen molar-refractivity contribution in [3.05, 3.63) is 113 Å². The molecule has 0 saturated heterocycles. The lowest BCUT2D eigenvalue weighted by molar-refractivity contribution is -0.119. The van der Waals surface area contributed by atoms with Gasteiger partial charge in [0.15, 0.2) is 11.5 Å². The maximum atomic E-state index is 13.9. The van der Waals surface area contributed by atoms with Crippen LogP contribution in [0.4, 0.5) is 5.69 Å². The average Bonchev–Trinajstić information content (AvgIpc) is 2.99. The number of ether oxygens (including phenoxy) is 3. The van der Waals surface area contributed by atoms with E-state index in [-0.39, 0.29) is 10.6 Å². The lowest BCUT2D eigenvalue weighted by atomic mass is 10.1. The zero-order chi connectivity index (χ0) is 30.1. The van der Waals surface area contributed by atoms with Gasteiger partial charge >= 0.3 is 0 Å². The minimum absolute atomic E-state index is 0.0555. The van der Waals surface area contributed by atoms with Gasteiger partial charge in [0, 0.05) is 11.6 Å². The lowest BCUT2D eigenvalue weighted by Crippen LogP contribution is -2.39. The third kappa shape index (κ3) is 7.46. The Balaban J connectivity index is 1.55. The normalized spacial score (nSPS) is 11.2. The molecule has 0 fully saturated rings. The van der Waals surface area contributed by atoms with Crippen LogP contribution in [0.3, 0.4) is 0 Å². The molecule has 9 nitrogen and oxygen atoms in total. The van der Waals surface area contributed by atoms with Crippen LogP contribution in [0, 0.1) is 13.8 Å². The van der Waals surface area contributed by atoms with E-state index in [1.807, 2.05) is 68.4 Å². The Labute approximate surface area is 246 Å². The summed E-state index contributed by atoms with van der Waals surface area (Å²) in [5.41, 5.74) is 6.16. The van der Waals surface area contributed by atoms with Crippen LogP contribution in [-0.2, 0) is 21.4 Å². The first kappa shape index (κ1) is 30.1. The molecule has 0 aliphatic carbocycles. The van der Waals surface area contributed by atoms with Crippen molar-refractivity contribution in [3.8, 4) is 17.2 Å². The van der Waals surface area contributed by atoms with E-state index >= 15 is 0 Å². The van der Waals surface area contributed by atoms with Crippen molar-refractivity contribution in [1.29, 1.82) is 0 Å². The Morgan fingerprint density at radius 3 is 2.19 bits per heavy atom. The highest BCUT2D eigenvalue weighted by molar-refractivity contribution is 7.92. The van der Waals surface area contributed by atoms with Crippen molar-refractivity contribution in [3.63, 3.8) is 0 Å². The Hall–Kier alpha value is -4.83. The van der Waals surface area contributed by atoms with Gasteiger partial charge in [-0.1, -0.05) is 48.5 Å². The topological polar surface area (TPSA) is 107 Å². The number of carbonyl (C=O) groups excluding carboxylic acids is 1. The van der Waals surface area contributed by atoms with Gasteiger partial charge in [0.25, 0.3) is 15.9 Å². The molecule has 0 radical (unpaired) electrons. The third-order valence-electron chi connectivity index (χ3n) is 6.27. The van der Waals surface area contributed by atoms with E-state index in [0.717, 1.165) is 21.0 Å². The van der Waals surface area contributed by atoms with Gasteiger partial charge in [-0.2, -0.15) is 5.10 Å². The van der Waals surface area contributed by atoms with Gasteiger partial charge in [-0.15, -0.1) is 0 Å². The van der Waals surface area contributed by atoms with Gasteiger partial charge in [-0.3, -0.25) is 9.10 Å². The van der Waals surface area contributed by atoms with Gasteiger partial charge in [0.1, 0.15) is 18.9 Å². The zero-order valence-corrected chi connectivity index (χ0v) is 24.7. The minimum Gasteiger partial charge on any atom is -0.493 e. The van der Waals surface area contributed by atoms with Crippen molar-refractivity contribution in [2.24, 2.45) is 5.10 Å². The predicted octanol–water partition coefficient (Wildman–Crippen LogP) is 5.25. The zero-order valence-electron chi connectivity index (χ0n) is 23.9. The van der Waals surface area contributed by atoms with Crippen LogP contribution in [0.5, 0.6) is 17.2 Å². The summed E-state index contributed by atoms with van der Waals surface area (Å²) in [6, 6.07) is 26.7. The highest BCUT2D eigenvalue weighted by atomic mass is 32.2. The minimum atomic E-state index is -4.19. The summed E-state index contributed by atoms with van der Waals surface area (Å²) < 4.78 is 45.3. The molecule has 0 aromatic heterocycles. The number of carbonyl (C=O) groups is 1. The summed E-state index contributed by atoms with van der Waals surface area (Å²) in [6.07, 6.45) is 1.46. The van der Waals surface area contributed by atoms with Crippen molar-refractivity contribution < 1.29 is 27.4 Å². The van der Waals surface area contributed by atoms with Gasteiger partial charge in [-0.05, 0) is 66.9 Å². The van der Waals surface area contributed by atoms with E-state index in [0.29, 0.717) is 29.4 Å². The number of methoxy groups -OCH3 is 2. The molecule has 4 aromatic rings. The molecule has 0 unspecified atom stereocenters. The van der Waals surface area contributed by atoms with Crippen molar-refractivity contribution in [1.82, 2.24) is 5.43 Å². The van der Waals surface area contributed by atoms with Crippen molar-refractivity contribution >= 4 is 27.8 Å². The molecule has 42 heavy (non-hydrogen) atoms. The number of amides is 1. The molecular formula is C32H33N3O6S. The SMILES string of the molecule is COc1ccc(S(=O)(=O)N(CC(=O)N/N=C\c2ccccc2OCc2ccccc2)c2cc(C)cc(C)c2)cc1OC. The maximum Gasteiger partial charge on any atom is 0.264 e. The molecular weight excluding hydrogens is 554 g/mol. The molecule has 0 spiro atoms. The van der Waals surface area contributed by atoms with Crippen LogP contribution in [0.25, 0.3) is 0 Å². The number of nitrogens with one attached hydrogen (secondary N) is 1. The van der Waals surface area contributed by atoms with Crippen LogP contribution >= 0.6 is 0 Å². The number of hydrogen-bond acceptors (Lipinski definition) is 7. The van der Waals surface area contributed by atoms with Crippen molar-refractivity contribution in [2.45, 2.75) is 25.3 Å². The molecule has 0 aliphatic rings. The number of hydrogen-bond donors (Lipinski definition) is 1. The van der Waals surface area contributed by atoms with Crippen LogP contribution in [-0.4, -0.2) is 41.3 Å². The number of aryl methyl sites for hydroxylation is 2. The summed E-state index contributed by atoms with van der Waals surface area (Å²) in [5.74, 6) is 0.597. The van der Waals surface area contributed by atoms with Gasteiger partial charge in [0.05, 0.1) is 31.0 Å². The summed E-state index contributed by atoms with van der Waals surface area (Å²) in [5, 5.41) is 4.08. The molecule has 1 amide bonds. The molecule has 0 saturated carbocycles. The van der Waals surface area contributed by atoms with E-state index in [2.05, 4.69) is 10.5 Å². The van der Waals surface area contributed by atoms with Gasteiger partial charge in [0.2, 0.25) is 0 Å². The van der Waals surface area contributed by atoms with Gasteiger partial charge in [-0.25, -0.2) is 13.8 Å². The number of nitrogens with zero attached hydrogens (tertiary/aromatic N) is 2. The number of sulfonamides is 1. The van der Waals surface area contributed by atoms with Crippen LogP contribution < -0.4 is 23.9 Å². The van der Waals surface area contributed by atoms with Crippen LogP contribution in [0.15, 0.2) is 101 Å². The number of anilines is 1. The Bertz CT molecular complexity index is 1650. The van der Waals surface area contributed by atoms with Crippen molar-refractivity contribution in [2.75, 3.05) is 25.1 Å². The Kier molecular flexibility index (Phi) is 9.82. The lowest BCUT2D eigenvalue weighted by Gasteiger charge is -2.25. The van der Waals surface area contributed by atoms with E-state index < -0.39 is 22.5 Å². The summed E-state index contributed by atoms with van der Waals surface area (Å²) in [6.45, 7) is 3.58. The van der Waals surface area contributed by atoms with E-state index in [4.69, 9.17) is 14.2 Å². The first-order valence-electron chi connectivity index (χ1n) is 13.1. The number of para-hydroxylation sites is 1. The third-order valence-corrected chi connectivity index (χ3v) is 8.04. The second-order valence-electron chi connectivity index (χ2n) is 9.48. The largest absolute Gasteiger partial charge is 0.493 e. The second kappa shape index (κ2) is 13.7. The van der Waals surface area contributed by atoms with E-state index in [9.17, 15) is 13.2 Å². The quantitative estimate of drug-likeness (QED) is 0.179. The monoisotopic (exact) mass is 587 g/mol. The standard InChI is InChI=1S/C32H33N3O6S/c1-23-16-24(2)18-27(17-23)35(42(37,38)28-14-15-30(39-3)31(19-28)40-4)21-32(36)34-33-20-26-12-8-9-13-29(26)41-22-25-10-6-5-7-11-25/h5-20H,21-22H2,1-4H3,(H,34,36)/b33-20-. The molecule has 0 atom stereocenters. The number of benzene rings is 4. The molecule has 1 N–H and O–H groups in total. The number of hydrazone groups is 1. The fourth-order valence-electron chi connectivity index (χ4n) is 4.31. The molecule has 4 aromatic carbocycles. The first-order valence-corrected chi connectivity index (χ1v) is 14.6. The fourth-order valence-corrected chi connectivity index (χ4v) is 5.73. The van der Waals surface area contributed by atoms with E-state index in [1.165, 1.54) is 38.6 Å². The molecule has 0 bridgehead atoms.